The van der Waals surface area contributed by atoms with Gasteiger partial charge in [0.1, 0.15) is 6.10 Å². The number of aromatic amines is 1. The molecule has 0 spiro atoms. The first-order valence-electron chi connectivity index (χ1n) is 9.10. The monoisotopic (exact) mass is 435 g/mol. The van der Waals surface area contributed by atoms with Gasteiger partial charge in [0.05, 0.1) is 6.33 Å². The average molecular weight is 435 g/mol. The summed E-state index contributed by atoms with van der Waals surface area (Å²) < 4.78 is 22.8. The number of amides is 1. The minimum atomic E-state index is -1.35. The Bertz CT molecular complexity index is 1150. The number of hydrogen-bond donors (Lipinski definition) is 2. The van der Waals surface area contributed by atoms with Crippen LogP contribution in [0.5, 0.6) is 0 Å². The van der Waals surface area contributed by atoms with Crippen molar-refractivity contribution in [2.75, 3.05) is 5.32 Å². The minimum Gasteiger partial charge on any atom is -0.454 e. The van der Waals surface area contributed by atoms with E-state index in [1.54, 1.807) is 0 Å². The molecule has 2 aromatic rings. The quantitative estimate of drug-likeness (QED) is 0.433. The van der Waals surface area contributed by atoms with Crippen molar-refractivity contribution in [2.45, 2.75) is 51.4 Å². The second-order valence-electron chi connectivity index (χ2n) is 6.92. The number of hydrogen-bond acceptors (Lipinski definition) is 11. The summed E-state index contributed by atoms with van der Waals surface area (Å²) in [7, 11) is 0. The van der Waals surface area contributed by atoms with Crippen molar-refractivity contribution in [1.29, 1.82) is 0 Å². The Kier molecular flexibility index (Phi) is 4.93. The molecule has 2 aromatic heterocycles. The lowest BCUT2D eigenvalue weighted by Crippen LogP contribution is -2.36. The van der Waals surface area contributed by atoms with Gasteiger partial charge in [0, 0.05) is 20.8 Å². The molecule has 0 unspecified atom stereocenters. The van der Waals surface area contributed by atoms with Gasteiger partial charge in [-0.05, 0) is 0 Å². The number of nitrogens with one attached hydrogen (secondary N) is 2. The highest BCUT2D eigenvalue weighted by Crippen LogP contribution is 2.41. The van der Waals surface area contributed by atoms with Crippen LogP contribution in [-0.4, -0.2) is 67.7 Å². The molecule has 0 saturated carbocycles. The van der Waals surface area contributed by atoms with Crippen molar-refractivity contribution >= 4 is 40.9 Å². The molecule has 31 heavy (non-hydrogen) atoms. The predicted octanol–water partition coefficient (Wildman–Crippen LogP) is -1.24. The van der Waals surface area contributed by atoms with E-state index in [2.05, 4.69) is 20.3 Å². The molecule has 0 aromatic carbocycles. The van der Waals surface area contributed by atoms with Gasteiger partial charge in [-0.25, -0.2) is 9.78 Å². The van der Waals surface area contributed by atoms with E-state index in [1.165, 1.54) is 17.8 Å². The third kappa shape index (κ3) is 3.61. The highest BCUT2D eigenvalue weighted by Gasteiger charge is 2.61. The molecule has 0 radical (unpaired) electrons. The maximum atomic E-state index is 12.3. The van der Waals surface area contributed by atoms with Gasteiger partial charge in [-0.1, -0.05) is 0 Å². The van der Waals surface area contributed by atoms with Crippen molar-refractivity contribution in [3.05, 3.63) is 16.7 Å². The Morgan fingerprint density at radius 2 is 1.84 bits per heavy atom. The Morgan fingerprint density at radius 1 is 1.13 bits per heavy atom. The molecule has 4 heterocycles. The van der Waals surface area contributed by atoms with Crippen LogP contribution in [0.2, 0.25) is 0 Å². The number of imidazole rings is 1. The standard InChI is InChI=1S/C17H17N5O9/c1-5(23)19-17-20-13-8(14(26)21-17)18-4-22(13)15-11(28-6(2)24)9-10(30-15)12(16(27)31-9)29-7(3)25/h4,9-12,15H,1-3H3,(H2,19,20,21,23,26)/t9-,10+,11-,12-,15-/m0/s1. The lowest BCUT2D eigenvalue weighted by molar-refractivity contribution is -0.174. The van der Waals surface area contributed by atoms with Crippen LogP contribution in [0, 0.1) is 0 Å². The van der Waals surface area contributed by atoms with Gasteiger partial charge in [0.2, 0.25) is 18.0 Å². The van der Waals surface area contributed by atoms with E-state index in [1.807, 2.05) is 0 Å². The van der Waals surface area contributed by atoms with Crippen molar-refractivity contribution in [3.8, 4) is 0 Å². The van der Waals surface area contributed by atoms with Crippen LogP contribution >= 0.6 is 0 Å². The molecule has 14 heteroatoms. The van der Waals surface area contributed by atoms with Crippen molar-refractivity contribution in [3.63, 3.8) is 0 Å². The molecule has 0 aliphatic carbocycles. The van der Waals surface area contributed by atoms with E-state index >= 15 is 0 Å². The number of fused-ring (bicyclic) bond motifs is 2. The minimum absolute atomic E-state index is 0.0185. The Hall–Kier alpha value is -3.81. The van der Waals surface area contributed by atoms with Crippen LogP contribution in [0.25, 0.3) is 11.2 Å². The summed E-state index contributed by atoms with van der Waals surface area (Å²) in [6, 6.07) is 0. The molecule has 5 atom stereocenters. The summed E-state index contributed by atoms with van der Waals surface area (Å²) >= 11 is 0. The number of carbonyl (C=O) groups excluding carboxylic acids is 4. The van der Waals surface area contributed by atoms with Crippen LogP contribution in [0.1, 0.15) is 27.0 Å². The first kappa shape index (κ1) is 20.5. The van der Waals surface area contributed by atoms with E-state index in [4.69, 9.17) is 18.9 Å². The van der Waals surface area contributed by atoms with E-state index in [-0.39, 0.29) is 17.1 Å². The van der Waals surface area contributed by atoms with Gasteiger partial charge in [-0.3, -0.25) is 34.0 Å². The van der Waals surface area contributed by atoms with Gasteiger partial charge in [-0.2, -0.15) is 4.98 Å². The molecule has 2 saturated heterocycles. The maximum absolute atomic E-state index is 12.3. The van der Waals surface area contributed by atoms with Crippen LogP contribution < -0.4 is 10.9 Å². The van der Waals surface area contributed by atoms with Crippen LogP contribution in [0.15, 0.2) is 11.1 Å². The number of rotatable bonds is 4. The van der Waals surface area contributed by atoms with Gasteiger partial charge in [0.25, 0.3) is 5.56 Å². The van der Waals surface area contributed by atoms with Gasteiger partial charge in [0.15, 0.2) is 29.6 Å². The smallest absolute Gasteiger partial charge is 0.350 e. The molecule has 0 bridgehead atoms. The molecule has 14 nitrogen and oxygen atoms in total. The van der Waals surface area contributed by atoms with E-state index < -0.39 is 60.0 Å². The topological polar surface area (TPSA) is 181 Å². The first-order valence-corrected chi connectivity index (χ1v) is 9.10. The lowest BCUT2D eigenvalue weighted by Gasteiger charge is -2.22. The van der Waals surface area contributed by atoms with E-state index in [0.717, 1.165) is 13.8 Å². The third-order valence-corrected chi connectivity index (χ3v) is 4.60. The van der Waals surface area contributed by atoms with Crippen molar-refractivity contribution in [1.82, 2.24) is 19.5 Å². The van der Waals surface area contributed by atoms with E-state index in [0.29, 0.717) is 0 Å². The molecule has 164 valence electrons. The molecular weight excluding hydrogens is 418 g/mol. The van der Waals surface area contributed by atoms with Gasteiger partial charge >= 0.3 is 17.9 Å². The highest BCUT2D eigenvalue weighted by molar-refractivity contribution is 5.87. The number of ether oxygens (including phenoxy) is 4. The number of nitrogens with zero attached hydrogens (tertiary/aromatic N) is 3. The second-order valence-corrected chi connectivity index (χ2v) is 6.92. The molecule has 2 aliphatic heterocycles. The fourth-order valence-electron chi connectivity index (χ4n) is 3.55. The van der Waals surface area contributed by atoms with Crippen LogP contribution in [-0.2, 0) is 38.1 Å². The fraction of sp³-hybridized carbons (Fsp3) is 0.471. The lowest BCUT2D eigenvalue weighted by atomic mass is 10.1. The molecule has 2 fully saturated rings. The number of aromatic nitrogens is 4. The second kappa shape index (κ2) is 7.46. The summed E-state index contributed by atoms with van der Waals surface area (Å²) in [6.45, 7) is 3.53. The van der Waals surface area contributed by atoms with Gasteiger partial charge < -0.3 is 18.9 Å². The molecule has 2 N–H and O–H groups in total. The molecular formula is C17H17N5O9. The van der Waals surface area contributed by atoms with Gasteiger partial charge in [-0.15, -0.1) is 0 Å². The number of carbonyl (C=O) groups is 4. The zero-order valence-corrected chi connectivity index (χ0v) is 16.5. The predicted molar refractivity (Wildman–Crippen MR) is 97.4 cm³/mol. The zero-order chi connectivity index (χ0) is 22.4. The SMILES string of the molecule is CC(=O)Nc1nc2c(ncn2[C@H]2O[C@@H]3[C@H](OC(=O)[C@H]3OC(C)=O)[C@@H]2OC(C)=O)c(=O)[nH]1. The summed E-state index contributed by atoms with van der Waals surface area (Å²) in [4.78, 5) is 69.4. The van der Waals surface area contributed by atoms with E-state index in [9.17, 15) is 24.0 Å². The Labute approximate surface area is 172 Å². The number of anilines is 1. The summed E-state index contributed by atoms with van der Waals surface area (Å²) in [5.41, 5.74) is -0.672. The largest absolute Gasteiger partial charge is 0.454 e. The first-order chi connectivity index (χ1) is 14.7. The summed E-state index contributed by atoms with van der Waals surface area (Å²) in [5, 5.41) is 2.36. The molecule has 4 rings (SSSR count). The van der Waals surface area contributed by atoms with Crippen molar-refractivity contribution < 1.29 is 38.1 Å². The Balaban J connectivity index is 1.76. The molecule has 1 amide bonds. The summed E-state index contributed by atoms with van der Waals surface area (Å²) in [5.74, 6) is -2.83. The fourth-order valence-corrected chi connectivity index (χ4v) is 3.55. The third-order valence-electron chi connectivity index (χ3n) is 4.60. The summed E-state index contributed by atoms with van der Waals surface area (Å²) in [6.07, 6.45) is -4.52. The zero-order valence-electron chi connectivity index (χ0n) is 16.5. The van der Waals surface area contributed by atoms with Crippen LogP contribution in [0.4, 0.5) is 5.95 Å². The Morgan fingerprint density at radius 3 is 2.48 bits per heavy atom. The number of esters is 3. The van der Waals surface area contributed by atoms with Crippen LogP contribution in [0.3, 0.4) is 0 Å². The molecule has 2 aliphatic rings. The van der Waals surface area contributed by atoms with Crippen molar-refractivity contribution in [2.24, 2.45) is 0 Å². The normalized spacial score (nSPS) is 26.9. The average Bonchev–Trinajstić information content (AvgIpc) is 3.29. The number of H-pyrrole nitrogens is 1. The maximum Gasteiger partial charge on any atom is 0.350 e. The highest BCUT2D eigenvalue weighted by atomic mass is 16.7.